The Morgan fingerprint density at radius 2 is 1.60 bits per heavy atom. The molecule has 158 valence electrons. The summed E-state index contributed by atoms with van der Waals surface area (Å²) in [6, 6.07) is 21.6. The molecule has 0 radical (unpaired) electrons. The highest BCUT2D eigenvalue weighted by molar-refractivity contribution is 5.84. The van der Waals surface area contributed by atoms with Gasteiger partial charge in [0.25, 0.3) is 0 Å². The highest BCUT2D eigenvalue weighted by Gasteiger charge is 2.44. The molecule has 3 nitrogen and oxygen atoms in total. The Morgan fingerprint density at radius 1 is 0.900 bits per heavy atom. The molecular formula is C27H34N2O. The fourth-order valence-electron chi connectivity index (χ4n) is 6.37. The predicted molar refractivity (Wildman–Crippen MR) is 121 cm³/mol. The number of hydrogen-bond acceptors (Lipinski definition) is 2. The monoisotopic (exact) mass is 402 g/mol. The molecular weight excluding hydrogens is 368 g/mol. The minimum Gasteiger partial charge on any atom is -0.352 e. The number of amides is 1. The van der Waals surface area contributed by atoms with Gasteiger partial charge in [0.1, 0.15) is 0 Å². The van der Waals surface area contributed by atoms with E-state index in [9.17, 15) is 4.79 Å². The summed E-state index contributed by atoms with van der Waals surface area (Å²) < 4.78 is 0. The molecule has 3 unspecified atom stereocenters. The lowest BCUT2D eigenvalue weighted by atomic mass is 9.83. The van der Waals surface area contributed by atoms with Crippen molar-refractivity contribution in [3.05, 3.63) is 71.8 Å². The predicted octanol–water partition coefficient (Wildman–Crippen LogP) is 4.99. The van der Waals surface area contributed by atoms with Crippen molar-refractivity contribution in [2.75, 3.05) is 13.1 Å². The number of rotatable bonds is 6. The minimum absolute atomic E-state index is 0.0228. The topological polar surface area (TPSA) is 32.3 Å². The third-order valence-electron chi connectivity index (χ3n) is 7.82. The van der Waals surface area contributed by atoms with Gasteiger partial charge in [0.2, 0.25) is 5.91 Å². The van der Waals surface area contributed by atoms with E-state index in [1.165, 1.54) is 49.8 Å². The summed E-state index contributed by atoms with van der Waals surface area (Å²) in [5, 5.41) is 3.54. The Morgan fingerprint density at radius 3 is 2.33 bits per heavy atom. The number of benzene rings is 2. The van der Waals surface area contributed by atoms with Crippen LogP contribution in [0.3, 0.4) is 0 Å². The van der Waals surface area contributed by atoms with E-state index < -0.39 is 0 Å². The number of carbonyl (C=O) groups is 1. The second kappa shape index (κ2) is 8.93. The van der Waals surface area contributed by atoms with E-state index >= 15 is 0 Å². The summed E-state index contributed by atoms with van der Waals surface area (Å²) in [6.45, 7) is 3.32. The molecule has 0 bridgehead atoms. The summed E-state index contributed by atoms with van der Waals surface area (Å²) in [6.07, 6.45) is 7.31. The van der Waals surface area contributed by atoms with Crippen LogP contribution in [-0.4, -0.2) is 29.9 Å². The highest BCUT2D eigenvalue weighted by Crippen LogP contribution is 2.41. The van der Waals surface area contributed by atoms with Crippen molar-refractivity contribution in [1.29, 1.82) is 0 Å². The second-order valence-electron chi connectivity index (χ2n) is 9.73. The van der Waals surface area contributed by atoms with Gasteiger partial charge in [-0.25, -0.2) is 0 Å². The number of nitrogens with zero attached hydrogens (tertiary/aromatic N) is 1. The molecule has 1 saturated heterocycles. The van der Waals surface area contributed by atoms with E-state index in [-0.39, 0.29) is 11.8 Å². The maximum Gasteiger partial charge on any atom is 0.228 e. The second-order valence-corrected chi connectivity index (χ2v) is 9.73. The van der Waals surface area contributed by atoms with Crippen molar-refractivity contribution < 1.29 is 4.79 Å². The van der Waals surface area contributed by atoms with E-state index in [0.717, 1.165) is 25.4 Å². The van der Waals surface area contributed by atoms with Crippen LogP contribution in [0.1, 0.15) is 55.6 Å². The molecule has 1 heterocycles. The zero-order valence-corrected chi connectivity index (χ0v) is 17.9. The van der Waals surface area contributed by atoms with Gasteiger partial charge in [-0.1, -0.05) is 73.5 Å². The Hall–Kier alpha value is -2.13. The van der Waals surface area contributed by atoms with Crippen LogP contribution in [0.15, 0.2) is 60.7 Å². The third kappa shape index (κ3) is 4.18. The van der Waals surface area contributed by atoms with Crippen molar-refractivity contribution in [3.8, 4) is 0 Å². The summed E-state index contributed by atoms with van der Waals surface area (Å²) >= 11 is 0. The number of carbonyl (C=O) groups excluding carboxylic acids is 1. The molecule has 30 heavy (non-hydrogen) atoms. The van der Waals surface area contributed by atoms with Crippen LogP contribution in [-0.2, 0) is 11.3 Å². The van der Waals surface area contributed by atoms with Crippen molar-refractivity contribution in [2.45, 2.75) is 57.0 Å². The first kappa shape index (κ1) is 19.8. The number of hydrogen-bond donors (Lipinski definition) is 1. The Bertz CT molecular complexity index is 830. The van der Waals surface area contributed by atoms with Crippen LogP contribution >= 0.6 is 0 Å². The van der Waals surface area contributed by atoms with Gasteiger partial charge < -0.3 is 5.32 Å². The van der Waals surface area contributed by atoms with Gasteiger partial charge in [0.15, 0.2) is 0 Å². The largest absolute Gasteiger partial charge is 0.352 e. The van der Waals surface area contributed by atoms with Crippen LogP contribution in [0.2, 0.25) is 0 Å². The normalized spacial score (nSPS) is 27.8. The van der Waals surface area contributed by atoms with E-state index in [4.69, 9.17) is 0 Å². The number of fused-ring (bicyclic) bond motifs is 1. The van der Waals surface area contributed by atoms with Crippen molar-refractivity contribution >= 4 is 5.91 Å². The maximum absolute atomic E-state index is 13.5. The Kier molecular flexibility index (Phi) is 5.90. The molecule has 3 aliphatic rings. The van der Waals surface area contributed by atoms with Gasteiger partial charge >= 0.3 is 0 Å². The van der Waals surface area contributed by atoms with Gasteiger partial charge in [0, 0.05) is 25.7 Å². The molecule has 1 N–H and O–H groups in total. The maximum atomic E-state index is 13.5. The molecule has 4 atom stereocenters. The van der Waals surface area contributed by atoms with Crippen molar-refractivity contribution in [2.24, 2.45) is 17.8 Å². The van der Waals surface area contributed by atoms with Gasteiger partial charge in [-0.2, -0.15) is 0 Å². The van der Waals surface area contributed by atoms with Crippen LogP contribution in [0.5, 0.6) is 0 Å². The lowest BCUT2D eigenvalue weighted by Crippen LogP contribution is -2.43. The first-order valence-corrected chi connectivity index (χ1v) is 11.9. The summed E-state index contributed by atoms with van der Waals surface area (Å²) in [5.41, 5.74) is 2.59. The van der Waals surface area contributed by atoms with Crippen LogP contribution in [0.4, 0.5) is 0 Å². The van der Waals surface area contributed by atoms with Gasteiger partial charge in [-0.05, 0) is 54.6 Å². The van der Waals surface area contributed by atoms with E-state index in [0.29, 0.717) is 17.9 Å². The van der Waals surface area contributed by atoms with Crippen LogP contribution in [0, 0.1) is 17.8 Å². The third-order valence-corrected chi connectivity index (χ3v) is 7.82. The van der Waals surface area contributed by atoms with Gasteiger partial charge in [-0.3, -0.25) is 9.69 Å². The summed E-state index contributed by atoms with van der Waals surface area (Å²) in [7, 11) is 0. The SMILES string of the molecule is O=C(NC1CC[C@H]2CN(Cc3ccccc3)CC12)C(c1ccccc1)C1CCCC1. The lowest BCUT2D eigenvalue weighted by Gasteiger charge is -2.27. The number of likely N-dealkylation sites (tertiary alicyclic amines) is 1. The highest BCUT2D eigenvalue weighted by atomic mass is 16.2. The first-order chi connectivity index (χ1) is 14.8. The van der Waals surface area contributed by atoms with E-state index in [1.54, 1.807) is 0 Å². The van der Waals surface area contributed by atoms with Gasteiger partial charge in [0.05, 0.1) is 5.92 Å². The molecule has 0 aromatic heterocycles. The van der Waals surface area contributed by atoms with Crippen molar-refractivity contribution in [3.63, 3.8) is 0 Å². The molecule has 2 aliphatic carbocycles. The average Bonchev–Trinajstić information content (AvgIpc) is 3.50. The fourth-order valence-corrected chi connectivity index (χ4v) is 6.37. The molecule has 5 rings (SSSR count). The average molecular weight is 403 g/mol. The minimum atomic E-state index is 0.0228. The summed E-state index contributed by atoms with van der Waals surface area (Å²) in [4.78, 5) is 16.1. The van der Waals surface area contributed by atoms with Crippen LogP contribution in [0.25, 0.3) is 0 Å². The zero-order valence-electron chi connectivity index (χ0n) is 17.9. The van der Waals surface area contributed by atoms with Gasteiger partial charge in [-0.15, -0.1) is 0 Å². The smallest absolute Gasteiger partial charge is 0.228 e. The quantitative estimate of drug-likeness (QED) is 0.738. The molecule has 3 heteroatoms. The standard InChI is InChI=1S/C27H34N2O/c30-27(26(22-13-7-8-14-22)21-11-5-2-6-12-21)28-25-16-15-23-18-29(19-24(23)25)17-20-9-3-1-4-10-20/h1-6,9-12,22-26H,7-8,13-19H2,(H,28,30)/t23-,24?,25?,26?/m0/s1. The fraction of sp³-hybridized carbons (Fsp3) is 0.519. The molecule has 1 aliphatic heterocycles. The first-order valence-electron chi connectivity index (χ1n) is 11.9. The molecule has 0 spiro atoms. The molecule has 2 aromatic carbocycles. The van der Waals surface area contributed by atoms with Crippen LogP contribution < -0.4 is 5.32 Å². The number of nitrogens with one attached hydrogen (secondary N) is 1. The van der Waals surface area contributed by atoms with Crippen molar-refractivity contribution in [1.82, 2.24) is 10.2 Å². The molecule has 1 amide bonds. The Balaban J connectivity index is 1.25. The van der Waals surface area contributed by atoms with E-state index in [1.807, 2.05) is 0 Å². The van der Waals surface area contributed by atoms with E-state index in [2.05, 4.69) is 70.9 Å². The summed E-state index contributed by atoms with van der Waals surface area (Å²) in [5.74, 6) is 2.15. The molecule has 2 aromatic rings. The Labute approximate surface area is 180 Å². The molecule has 2 saturated carbocycles. The zero-order chi connectivity index (χ0) is 20.3. The molecule has 3 fully saturated rings. The lowest BCUT2D eigenvalue weighted by molar-refractivity contribution is -0.124.